The summed E-state index contributed by atoms with van der Waals surface area (Å²) < 4.78 is 1.72. The van der Waals surface area contributed by atoms with Crippen molar-refractivity contribution in [1.82, 2.24) is 4.57 Å². The molecular weight excluding hydrogens is 226 g/mol. The lowest BCUT2D eigenvalue weighted by molar-refractivity contribution is 0.469. The molecule has 3 heteroatoms. The Kier molecular flexibility index (Phi) is 3.82. The zero-order valence-electron chi connectivity index (χ0n) is 10.5. The fraction of sp³-hybridized carbons (Fsp3) is 0.267. The van der Waals surface area contributed by atoms with Crippen molar-refractivity contribution in [2.45, 2.75) is 26.3 Å². The van der Waals surface area contributed by atoms with Crippen molar-refractivity contribution < 1.29 is 5.11 Å². The number of benzene rings is 1. The van der Waals surface area contributed by atoms with Crippen LogP contribution in [0.1, 0.15) is 24.6 Å². The molecule has 1 N–H and O–H groups in total. The predicted octanol–water partition coefficient (Wildman–Crippen LogP) is 2.55. The van der Waals surface area contributed by atoms with Crippen LogP contribution in [-0.4, -0.2) is 9.67 Å². The van der Waals surface area contributed by atoms with Crippen LogP contribution >= 0.6 is 0 Å². The van der Waals surface area contributed by atoms with E-state index in [2.05, 4.69) is 6.92 Å². The van der Waals surface area contributed by atoms with Crippen LogP contribution in [0.15, 0.2) is 47.3 Å². The molecule has 0 unspecified atom stereocenters. The molecule has 3 nitrogen and oxygen atoms in total. The molecule has 0 saturated heterocycles. The number of hydrogen-bond acceptors (Lipinski definition) is 2. The molecule has 94 valence electrons. The van der Waals surface area contributed by atoms with Gasteiger partial charge in [-0.3, -0.25) is 4.79 Å². The van der Waals surface area contributed by atoms with E-state index in [-0.39, 0.29) is 11.3 Å². The van der Waals surface area contributed by atoms with Gasteiger partial charge in [0.25, 0.3) is 5.56 Å². The second-order valence-electron chi connectivity index (χ2n) is 4.36. The third-order valence-corrected chi connectivity index (χ3v) is 2.89. The Morgan fingerprint density at radius 1 is 1.17 bits per heavy atom. The van der Waals surface area contributed by atoms with Crippen LogP contribution in [0.3, 0.4) is 0 Å². The highest BCUT2D eigenvalue weighted by atomic mass is 16.3. The van der Waals surface area contributed by atoms with Crippen LogP contribution < -0.4 is 5.56 Å². The van der Waals surface area contributed by atoms with E-state index in [1.807, 2.05) is 30.3 Å². The van der Waals surface area contributed by atoms with E-state index in [1.165, 1.54) is 6.07 Å². The van der Waals surface area contributed by atoms with Gasteiger partial charge in [0.05, 0.1) is 6.54 Å². The Morgan fingerprint density at radius 3 is 2.56 bits per heavy atom. The van der Waals surface area contributed by atoms with Gasteiger partial charge in [0.15, 0.2) is 0 Å². The first-order chi connectivity index (χ1) is 8.70. The minimum atomic E-state index is -0.151. The fourth-order valence-electron chi connectivity index (χ4n) is 2.04. The largest absolute Gasteiger partial charge is 0.508 e. The lowest BCUT2D eigenvalue weighted by Crippen LogP contribution is -2.23. The number of aromatic hydroxyl groups is 1. The minimum absolute atomic E-state index is 0.0489. The molecule has 0 aliphatic heterocycles. The fourth-order valence-corrected chi connectivity index (χ4v) is 2.04. The highest BCUT2D eigenvalue weighted by molar-refractivity contribution is 5.24. The Labute approximate surface area is 106 Å². The number of rotatable bonds is 4. The summed E-state index contributed by atoms with van der Waals surface area (Å²) in [6.07, 6.45) is 1.73. The summed E-state index contributed by atoms with van der Waals surface area (Å²) in [5, 5.41) is 9.50. The smallest absolute Gasteiger partial charge is 0.254 e. The van der Waals surface area contributed by atoms with Gasteiger partial charge >= 0.3 is 0 Å². The first-order valence-electron chi connectivity index (χ1n) is 6.17. The zero-order chi connectivity index (χ0) is 13.0. The SMILES string of the molecule is CCCc1cc(O)cc(=O)n1Cc1ccccc1. The van der Waals surface area contributed by atoms with Gasteiger partial charge in [0.2, 0.25) is 0 Å². The average Bonchev–Trinajstić information content (AvgIpc) is 2.35. The molecule has 0 amide bonds. The van der Waals surface area contributed by atoms with E-state index in [9.17, 15) is 9.90 Å². The van der Waals surface area contributed by atoms with E-state index < -0.39 is 0 Å². The van der Waals surface area contributed by atoms with Crippen LogP contribution in [-0.2, 0) is 13.0 Å². The molecule has 1 aromatic heterocycles. The van der Waals surface area contributed by atoms with Crippen LogP contribution in [0, 0.1) is 0 Å². The van der Waals surface area contributed by atoms with Gasteiger partial charge in [-0.1, -0.05) is 43.7 Å². The van der Waals surface area contributed by atoms with Crippen molar-refractivity contribution in [1.29, 1.82) is 0 Å². The summed E-state index contributed by atoms with van der Waals surface area (Å²) >= 11 is 0. The van der Waals surface area contributed by atoms with Crippen molar-refractivity contribution in [3.63, 3.8) is 0 Å². The molecule has 2 aromatic rings. The second-order valence-corrected chi connectivity index (χ2v) is 4.36. The third kappa shape index (κ3) is 2.80. The molecule has 0 fully saturated rings. The van der Waals surface area contributed by atoms with Crippen LogP contribution in [0.5, 0.6) is 5.75 Å². The van der Waals surface area contributed by atoms with Gasteiger partial charge < -0.3 is 9.67 Å². The molecule has 1 aromatic carbocycles. The molecule has 0 aliphatic rings. The van der Waals surface area contributed by atoms with Gasteiger partial charge in [-0.05, 0) is 18.1 Å². The van der Waals surface area contributed by atoms with E-state index in [0.29, 0.717) is 6.54 Å². The Hall–Kier alpha value is -2.03. The Balaban J connectivity index is 2.40. The molecule has 0 spiro atoms. The number of aryl methyl sites for hydroxylation is 1. The average molecular weight is 243 g/mol. The zero-order valence-corrected chi connectivity index (χ0v) is 10.5. The maximum Gasteiger partial charge on any atom is 0.254 e. The molecule has 0 atom stereocenters. The van der Waals surface area contributed by atoms with Crippen LogP contribution in [0.4, 0.5) is 0 Å². The first-order valence-corrected chi connectivity index (χ1v) is 6.17. The molecule has 18 heavy (non-hydrogen) atoms. The highest BCUT2D eigenvalue weighted by Gasteiger charge is 2.06. The molecule has 0 aliphatic carbocycles. The van der Waals surface area contributed by atoms with Crippen molar-refractivity contribution in [2.75, 3.05) is 0 Å². The maximum atomic E-state index is 11.9. The second kappa shape index (κ2) is 5.54. The predicted molar refractivity (Wildman–Crippen MR) is 71.9 cm³/mol. The van der Waals surface area contributed by atoms with E-state index in [1.54, 1.807) is 10.6 Å². The quantitative estimate of drug-likeness (QED) is 0.896. The van der Waals surface area contributed by atoms with Gasteiger partial charge in [0, 0.05) is 11.8 Å². The third-order valence-electron chi connectivity index (χ3n) is 2.89. The first kappa shape index (κ1) is 12.4. The summed E-state index contributed by atoms with van der Waals surface area (Å²) in [5.41, 5.74) is 1.82. The molecule has 2 rings (SSSR count). The number of pyridine rings is 1. The topological polar surface area (TPSA) is 42.2 Å². The lowest BCUT2D eigenvalue weighted by Gasteiger charge is -2.12. The number of hydrogen-bond donors (Lipinski definition) is 1. The van der Waals surface area contributed by atoms with Gasteiger partial charge in [-0.25, -0.2) is 0 Å². The molecule has 0 saturated carbocycles. The normalized spacial score (nSPS) is 10.5. The summed E-state index contributed by atoms with van der Waals surface area (Å²) in [7, 11) is 0. The summed E-state index contributed by atoms with van der Waals surface area (Å²) in [4.78, 5) is 11.9. The highest BCUT2D eigenvalue weighted by Crippen LogP contribution is 2.12. The van der Waals surface area contributed by atoms with Crippen molar-refractivity contribution in [3.8, 4) is 5.75 Å². The monoisotopic (exact) mass is 243 g/mol. The summed E-state index contributed by atoms with van der Waals surface area (Å²) in [6, 6.07) is 12.8. The standard InChI is InChI=1S/C15H17NO2/c1-2-6-13-9-14(17)10-15(18)16(13)11-12-7-4-3-5-8-12/h3-5,7-10,17H,2,6,11H2,1H3. The van der Waals surface area contributed by atoms with Crippen LogP contribution in [0.2, 0.25) is 0 Å². The maximum absolute atomic E-state index is 11.9. The van der Waals surface area contributed by atoms with Gasteiger partial charge in [-0.2, -0.15) is 0 Å². The van der Waals surface area contributed by atoms with Crippen molar-refractivity contribution in [2.24, 2.45) is 0 Å². The number of nitrogens with zero attached hydrogens (tertiary/aromatic N) is 1. The van der Waals surface area contributed by atoms with Crippen molar-refractivity contribution >= 4 is 0 Å². The van der Waals surface area contributed by atoms with Gasteiger partial charge in [0.1, 0.15) is 5.75 Å². The Bertz CT molecular complexity index is 573. The van der Waals surface area contributed by atoms with E-state index in [0.717, 1.165) is 24.1 Å². The molecular formula is C15H17NO2. The Morgan fingerprint density at radius 2 is 1.89 bits per heavy atom. The van der Waals surface area contributed by atoms with Crippen molar-refractivity contribution in [3.05, 3.63) is 64.1 Å². The number of aromatic nitrogens is 1. The molecule has 1 heterocycles. The molecule has 0 radical (unpaired) electrons. The minimum Gasteiger partial charge on any atom is -0.508 e. The summed E-state index contributed by atoms with van der Waals surface area (Å²) in [6.45, 7) is 2.61. The van der Waals surface area contributed by atoms with Crippen LogP contribution in [0.25, 0.3) is 0 Å². The molecule has 0 bridgehead atoms. The summed E-state index contributed by atoms with van der Waals surface area (Å²) in [5.74, 6) is 0.0489. The lowest BCUT2D eigenvalue weighted by atomic mass is 10.2. The van der Waals surface area contributed by atoms with E-state index >= 15 is 0 Å². The van der Waals surface area contributed by atoms with E-state index in [4.69, 9.17) is 0 Å². The van der Waals surface area contributed by atoms with Gasteiger partial charge in [-0.15, -0.1) is 0 Å².